The summed E-state index contributed by atoms with van der Waals surface area (Å²) in [5.74, 6) is 0. The zero-order valence-corrected chi connectivity index (χ0v) is 11.5. The maximum absolute atomic E-state index is 4.64. The summed E-state index contributed by atoms with van der Waals surface area (Å²) in [6.07, 6.45) is 0. The molecule has 1 nitrogen and oxygen atoms in total. The summed E-state index contributed by atoms with van der Waals surface area (Å²) in [7, 11) is -1.04. The highest BCUT2D eigenvalue weighted by molar-refractivity contribution is 6.79. The second-order valence-electron chi connectivity index (χ2n) is 4.51. The van der Waals surface area contributed by atoms with Crippen LogP contribution < -0.4 is 0 Å². The van der Waals surface area contributed by atoms with Gasteiger partial charge in [0.05, 0.1) is 8.07 Å². The van der Waals surface area contributed by atoms with E-state index in [1.807, 2.05) is 0 Å². The van der Waals surface area contributed by atoms with Crippen LogP contribution in [-0.4, -0.2) is 13.1 Å². The zero-order chi connectivity index (χ0) is 11.3. The lowest BCUT2D eigenvalue weighted by Gasteiger charge is -2.27. The van der Waals surface area contributed by atoms with Crippen molar-refractivity contribution in [2.45, 2.75) is 51.9 Å². The van der Waals surface area contributed by atoms with E-state index in [-0.39, 0.29) is 0 Å². The molecule has 15 heavy (non-hydrogen) atoms. The van der Waals surface area contributed by atoms with Gasteiger partial charge in [-0.2, -0.15) is 0 Å². The Hall–Kier alpha value is -0.633. The molecular weight excluding hydrogens is 198 g/mol. The summed E-state index contributed by atoms with van der Waals surface area (Å²) in [4.78, 5) is 4.64. The molecule has 0 spiro atoms. The molecule has 0 bridgehead atoms. The van der Waals surface area contributed by atoms with Crippen molar-refractivity contribution in [2.75, 3.05) is 0 Å². The molecule has 1 rings (SSSR count). The van der Waals surface area contributed by atoms with Gasteiger partial charge in [0, 0.05) is 11.4 Å². The predicted octanol–water partition coefficient (Wildman–Crippen LogP) is 3.98. The maximum Gasteiger partial charge on any atom is 0.0590 e. The van der Waals surface area contributed by atoms with Gasteiger partial charge >= 0.3 is 0 Å². The highest BCUT2D eigenvalue weighted by Gasteiger charge is 2.27. The van der Waals surface area contributed by atoms with Gasteiger partial charge in [0.15, 0.2) is 0 Å². The zero-order valence-electron chi connectivity index (χ0n) is 10.5. The lowest BCUT2D eigenvalue weighted by molar-refractivity contribution is 1.03. The van der Waals surface area contributed by atoms with Gasteiger partial charge in [-0.25, -0.2) is 0 Å². The first-order valence-electron chi connectivity index (χ1n) is 6.08. The number of hydrogen-bond donors (Lipinski definition) is 0. The van der Waals surface area contributed by atoms with E-state index in [9.17, 15) is 0 Å². The molecule has 0 aliphatic carbocycles. The smallest absolute Gasteiger partial charge is 0.0590 e. The van der Waals surface area contributed by atoms with Crippen LogP contribution in [-0.2, 0) is 6.04 Å². The number of pyridine rings is 1. The first-order chi connectivity index (χ1) is 7.15. The van der Waals surface area contributed by atoms with E-state index in [1.54, 1.807) is 0 Å². The van der Waals surface area contributed by atoms with Crippen molar-refractivity contribution in [1.82, 2.24) is 4.98 Å². The van der Waals surface area contributed by atoms with E-state index in [2.05, 4.69) is 50.9 Å². The second kappa shape index (κ2) is 5.45. The molecule has 0 fully saturated rings. The molecule has 1 aromatic rings. The molecular formula is C13H23NSi. The third-order valence-electron chi connectivity index (χ3n) is 3.75. The minimum absolute atomic E-state index is 1.04. The van der Waals surface area contributed by atoms with Crippen LogP contribution >= 0.6 is 0 Å². The normalized spacial score (nSPS) is 11.7. The van der Waals surface area contributed by atoms with E-state index >= 15 is 0 Å². The monoisotopic (exact) mass is 221 g/mol. The Kier molecular flexibility index (Phi) is 4.52. The van der Waals surface area contributed by atoms with E-state index in [4.69, 9.17) is 0 Å². The Morgan fingerprint density at radius 1 is 1.07 bits per heavy atom. The largest absolute Gasteiger partial charge is 0.258 e. The number of hydrogen-bond acceptors (Lipinski definition) is 1. The predicted molar refractivity (Wildman–Crippen MR) is 69.9 cm³/mol. The van der Waals surface area contributed by atoms with E-state index in [0.29, 0.717) is 0 Å². The van der Waals surface area contributed by atoms with Crippen molar-refractivity contribution in [3.05, 3.63) is 29.6 Å². The van der Waals surface area contributed by atoms with Crippen molar-refractivity contribution < 1.29 is 0 Å². The van der Waals surface area contributed by atoms with Gasteiger partial charge in [-0.05, 0) is 25.1 Å². The van der Waals surface area contributed by atoms with Crippen LogP contribution in [0.1, 0.15) is 32.2 Å². The SMILES string of the molecule is CC[Si](CC)(CC)Cc1cccc(C)n1. The fourth-order valence-electron chi connectivity index (χ4n) is 2.21. The van der Waals surface area contributed by atoms with Crippen LogP contribution in [0.3, 0.4) is 0 Å². The molecule has 0 saturated heterocycles. The second-order valence-corrected chi connectivity index (χ2v) is 9.98. The average molecular weight is 221 g/mol. The highest BCUT2D eigenvalue weighted by Crippen LogP contribution is 2.24. The third kappa shape index (κ3) is 3.16. The Labute approximate surface area is 95.0 Å². The van der Waals surface area contributed by atoms with E-state index in [0.717, 1.165) is 5.69 Å². The first-order valence-corrected chi connectivity index (χ1v) is 8.91. The van der Waals surface area contributed by atoms with Crippen molar-refractivity contribution in [1.29, 1.82) is 0 Å². The van der Waals surface area contributed by atoms with E-state index in [1.165, 1.54) is 29.9 Å². The van der Waals surface area contributed by atoms with Crippen LogP contribution in [0.15, 0.2) is 18.2 Å². The molecule has 0 N–H and O–H groups in total. The van der Waals surface area contributed by atoms with Crippen molar-refractivity contribution in [2.24, 2.45) is 0 Å². The molecule has 0 radical (unpaired) electrons. The van der Waals surface area contributed by atoms with Crippen LogP contribution in [0.25, 0.3) is 0 Å². The summed E-state index contributed by atoms with van der Waals surface area (Å²) < 4.78 is 0. The maximum atomic E-state index is 4.64. The summed E-state index contributed by atoms with van der Waals surface area (Å²) in [5.41, 5.74) is 2.46. The fourth-order valence-corrected chi connectivity index (χ4v) is 5.42. The molecule has 84 valence electrons. The van der Waals surface area contributed by atoms with Gasteiger partial charge in [-0.3, -0.25) is 4.98 Å². The van der Waals surface area contributed by atoms with Crippen molar-refractivity contribution in [3.63, 3.8) is 0 Å². The van der Waals surface area contributed by atoms with Gasteiger partial charge in [0.2, 0.25) is 0 Å². The van der Waals surface area contributed by atoms with Crippen molar-refractivity contribution in [3.8, 4) is 0 Å². The van der Waals surface area contributed by atoms with Crippen LogP contribution in [0, 0.1) is 6.92 Å². The van der Waals surface area contributed by atoms with Crippen LogP contribution in [0.5, 0.6) is 0 Å². The van der Waals surface area contributed by atoms with Crippen LogP contribution in [0.2, 0.25) is 18.1 Å². The van der Waals surface area contributed by atoms with Gasteiger partial charge < -0.3 is 0 Å². The summed E-state index contributed by atoms with van der Waals surface area (Å²) >= 11 is 0. The fraction of sp³-hybridized carbons (Fsp3) is 0.615. The molecule has 1 aromatic heterocycles. The molecule has 0 aliphatic rings. The molecule has 0 atom stereocenters. The standard InChI is InChI=1S/C13H23NSi/c1-5-15(6-2,7-3)11-13-10-8-9-12(4)14-13/h8-10H,5-7,11H2,1-4H3. The lowest BCUT2D eigenvalue weighted by Crippen LogP contribution is -2.35. The summed E-state index contributed by atoms with van der Waals surface area (Å²) in [6, 6.07) is 11.8. The number of aromatic nitrogens is 1. The number of aryl methyl sites for hydroxylation is 1. The molecule has 0 unspecified atom stereocenters. The van der Waals surface area contributed by atoms with Gasteiger partial charge in [-0.15, -0.1) is 0 Å². The number of rotatable bonds is 5. The minimum atomic E-state index is -1.04. The molecule has 1 heterocycles. The van der Waals surface area contributed by atoms with E-state index < -0.39 is 8.07 Å². The topological polar surface area (TPSA) is 12.9 Å². The Bertz CT molecular complexity index is 297. The first kappa shape index (κ1) is 12.4. The Morgan fingerprint density at radius 2 is 1.67 bits per heavy atom. The quantitative estimate of drug-likeness (QED) is 0.685. The third-order valence-corrected chi connectivity index (χ3v) is 9.36. The highest BCUT2D eigenvalue weighted by atomic mass is 28.3. The Morgan fingerprint density at radius 3 is 2.13 bits per heavy atom. The van der Waals surface area contributed by atoms with Gasteiger partial charge in [0.25, 0.3) is 0 Å². The average Bonchev–Trinajstić information content (AvgIpc) is 2.26. The van der Waals surface area contributed by atoms with Gasteiger partial charge in [-0.1, -0.05) is 45.0 Å². The summed E-state index contributed by atoms with van der Waals surface area (Å²) in [5, 5.41) is 0. The van der Waals surface area contributed by atoms with Crippen LogP contribution in [0.4, 0.5) is 0 Å². The minimum Gasteiger partial charge on any atom is -0.258 e. The Balaban J connectivity index is 2.82. The molecule has 0 aliphatic heterocycles. The summed E-state index contributed by atoms with van der Waals surface area (Å²) in [6.45, 7) is 9.15. The molecule has 2 heteroatoms. The molecule has 0 saturated carbocycles. The lowest BCUT2D eigenvalue weighted by atomic mass is 10.3. The number of nitrogens with zero attached hydrogens (tertiary/aromatic N) is 1. The van der Waals surface area contributed by atoms with Crippen molar-refractivity contribution >= 4 is 8.07 Å². The molecule has 0 aromatic carbocycles. The van der Waals surface area contributed by atoms with Gasteiger partial charge in [0.1, 0.15) is 0 Å². The molecule has 0 amide bonds.